The second-order valence-corrected chi connectivity index (χ2v) is 5.94. The molecule has 0 aliphatic rings. The lowest BCUT2D eigenvalue weighted by Crippen LogP contribution is -2.13. The predicted molar refractivity (Wildman–Crippen MR) is 70.7 cm³/mol. The minimum Gasteiger partial charge on any atom is -0.293 e. The van der Waals surface area contributed by atoms with E-state index in [4.69, 9.17) is 0 Å². The molecule has 0 bridgehead atoms. The molecule has 0 radical (unpaired) electrons. The number of thioether (sulfide) groups is 1. The average Bonchev–Trinajstić information content (AvgIpc) is 2.75. The molecule has 1 unspecified atom stereocenters. The van der Waals surface area contributed by atoms with Gasteiger partial charge in [-0.2, -0.15) is 4.37 Å². The number of nitrogens with zero attached hydrogens (tertiary/aromatic N) is 2. The summed E-state index contributed by atoms with van der Waals surface area (Å²) >= 11 is 2.80. The lowest BCUT2D eigenvalue weighted by Gasteiger charge is -2.07. The Morgan fingerprint density at radius 3 is 2.65 bits per heavy atom. The van der Waals surface area contributed by atoms with Crippen LogP contribution in [-0.2, 0) is 0 Å². The van der Waals surface area contributed by atoms with Gasteiger partial charge in [0, 0.05) is 5.56 Å². The smallest absolute Gasteiger partial charge is 0.175 e. The zero-order valence-corrected chi connectivity index (χ0v) is 11.2. The van der Waals surface area contributed by atoms with Crippen molar-refractivity contribution in [2.24, 2.45) is 0 Å². The van der Waals surface area contributed by atoms with E-state index < -0.39 is 0 Å². The maximum atomic E-state index is 12.1. The van der Waals surface area contributed by atoms with Gasteiger partial charge in [0.1, 0.15) is 5.82 Å². The lowest BCUT2D eigenvalue weighted by atomic mass is 10.1. The normalized spacial score (nSPS) is 12.4. The van der Waals surface area contributed by atoms with Crippen molar-refractivity contribution in [2.75, 3.05) is 0 Å². The summed E-state index contributed by atoms with van der Waals surface area (Å²) in [5.41, 5.74) is 0.744. The van der Waals surface area contributed by atoms with Crippen molar-refractivity contribution in [3.63, 3.8) is 0 Å². The number of aryl methyl sites for hydroxylation is 1. The molecule has 0 aliphatic carbocycles. The van der Waals surface area contributed by atoms with E-state index in [9.17, 15) is 4.79 Å². The van der Waals surface area contributed by atoms with Crippen molar-refractivity contribution in [1.29, 1.82) is 0 Å². The zero-order valence-electron chi connectivity index (χ0n) is 9.58. The number of hydrogen-bond acceptors (Lipinski definition) is 5. The zero-order chi connectivity index (χ0) is 12.3. The summed E-state index contributed by atoms with van der Waals surface area (Å²) < 4.78 is 4.95. The van der Waals surface area contributed by atoms with Crippen LogP contribution in [0.25, 0.3) is 0 Å². The Kier molecular flexibility index (Phi) is 3.91. The van der Waals surface area contributed by atoms with Crippen LogP contribution in [0, 0.1) is 6.92 Å². The van der Waals surface area contributed by atoms with Crippen LogP contribution in [0.4, 0.5) is 0 Å². The highest BCUT2D eigenvalue weighted by Gasteiger charge is 2.17. The van der Waals surface area contributed by atoms with Crippen molar-refractivity contribution >= 4 is 29.1 Å². The van der Waals surface area contributed by atoms with Crippen LogP contribution in [0.3, 0.4) is 0 Å². The second-order valence-electron chi connectivity index (χ2n) is 3.60. The van der Waals surface area contributed by atoms with Crippen LogP contribution in [-0.4, -0.2) is 20.4 Å². The highest BCUT2D eigenvalue weighted by atomic mass is 32.2. The largest absolute Gasteiger partial charge is 0.293 e. The second kappa shape index (κ2) is 5.42. The molecule has 17 heavy (non-hydrogen) atoms. The number of aromatic nitrogens is 2. The molecule has 0 saturated heterocycles. The fraction of sp³-hybridized carbons (Fsp3) is 0.250. The number of rotatable bonds is 4. The molecule has 88 valence electrons. The van der Waals surface area contributed by atoms with E-state index in [0.717, 1.165) is 15.7 Å². The molecule has 0 saturated carbocycles. The van der Waals surface area contributed by atoms with E-state index in [1.807, 2.05) is 44.2 Å². The van der Waals surface area contributed by atoms with Gasteiger partial charge < -0.3 is 0 Å². The Morgan fingerprint density at radius 2 is 2.06 bits per heavy atom. The van der Waals surface area contributed by atoms with Crippen LogP contribution < -0.4 is 0 Å². The average molecular weight is 264 g/mol. The van der Waals surface area contributed by atoms with Gasteiger partial charge in [0.25, 0.3) is 0 Å². The summed E-state index contributed by atoms with van der Waals surface area (Å²) in [6.45, 7) is 3.75. The Bertz CT molecular complexity index is 510. The molecular formula is C12H12N2OS2. The van der Waals surface area contributed by atoms with Crippen LogP contribution in [0.1, 0.15) is 23.1 Å². The van der Waals surface area contributed by atoms with Gasteiger partial charge in [0.15, 0.2) is 10.1 Å². The van der Waals surface area contributed by atoms with Crippen molar-refractivity contribution in [3.8, 4) is 0 Å². The molecular weight excluding hydrogens is 252 g/mol. The first-order chi connectivity index (χ1) is 8.16. The highest BCUT2D eigenvalue weighted by molar-refractivity contribution is 8.02. The molecule has 1 heterocycles. The summed E-state index contributed by atoms with van der Waals surface area (Å²) in [5, 5.41) is -0.134. The molecule has 0 amide bonds. The van der Waals surface area contributed by atoms with Crippen LogP contribution in [0.15, 0.2) is 34.7 Å². The minimum atomic E-state index is -0.134. The summed E-state index contributed by atoms with van der Waals surface area (Å²) in [6.07, 6.45) is 0. The number of benzene rings is 1. The van der Waals surface area contributed by atoms with Crippen LogP contribution >= 0.6 is 23.3 Å². The van der Waals surface area contributed by atoms with Gasteiger partial charge in [0.05, 0.1) is 5.25 Å². The molecule has 0 N–H and O–H groups in total. The number of hydrogen-bond donors (Lipinski definition) is 0. The van der Waals surface area contributed by atoms with Crippen LogP contribution in [0.5, 0.6) is 0 Å². The van der Waals surface area contributed by atoms with E-state index in [-0.39, 0.29) is 11.0 Å². The Hall–Kier alpha value is -1.20. The fourth-order valence-electron chi connectivity index (χ4n) is 1.37. The third kappa shape index (κ3) is 3.14. The van der Waals surface area contributed by atoms with Crippen molar-refractivity contribution < 1.29 is 4.79 Å². The maximum absolute atomic E-state index is 12.1. The third-order valence-electron chi connectivity index (χ3n) is 2.21. The molecule has 2 rings (SSSR count). The standard InChI is InChI=1S/C12H12N2OS2/c1-8(16-12-13-9(2)14-17-12)11(15)10-6-4-3-5-7-10/h3-8H,1-2H3. The molecule has 1 aromatic carbocycles. The highest BCUT2D eigenvalue weighted by Crippen LogP contribution is 2.26. The number of ketones is 1. The summed E-state index contributed by atoms with van der Waals surface area (Å²) in [5.74, 6) is 0.889. The Balaban J connectivity index is 2.06. The molecule has 3 nitrogen and oxygen atoms in total. The van der Waals surface area contributed by atoms with E-state index in [0.29, 0.717) is 0 Å². The molecule has 0 spiro atoms. The van der Waals surface area contributed by atoms with Gasteiger partial charge in [-0.15, -0.1) is 0 Å². The molecule has 1 atom stereocenters. The monoisotopic (exact) mass is 264 g/mol. The maximum Gasteiger partial charge on any atom is 0.175 e. The van der Waals surface area contributed by atoms with Gasteiger partial charge in [-0.25, -0.2) is 4.98 Å². The molecule has 1 aromatic heterocycles. The van der Waals surface area contributed by atoms with Gasteiger partial charge in [-0.05, 0) is 25.4 Å². The van der Waals surface area contributed by atoms with E-state index in [2.05, 4.69) is 9.36 Å². The Morgan fingerprint density at radius 1 is 1.35 bits per heavy atom. The topological polar surface area (TPSA) is 42.9 Å². The van der Waals surface area contributed by atoms with E-state index in [1.165, 1.54) is 23.3 Å². The summed E-state index contributed by atoms with van der Waals surface area (Å²) in [6, 6.07) is 9.33. The molecule has 0 aliphatic heterocycles. The Labute approximate surface area is 108 Å². The summed E-state index contributed by atoms with van der Waals surface area (Å²) in [7, 11) is 0. The SMILES string of the molecule is Cc1nsc(SC(C)C(=O)c2ccccc2)n1. The molecule has 5 heteroatoms. The van der Waals surface area contributed by atoms with Crippen molar-refractivity contribution in [3.05, 3.63) is 41.7 Å². The van der Waals surface area contributed by atoms with E-state index in [1.54, 1.807) is 0 Å². The van der Waals surface area contributed by atoms with Crippen molar-refractivity contribution in [2.45, 2.75) is 23.4 Å². The van der Waals surface area contributed by atoms with Crippen LogP contribution in [0.2, 0.25) is 0 Å². The first-order valence-electron chi connectivity index (χ1n) is 5.23. The minimum absolute atomic E-state index is 0.128. The number of carbonyl (C=O) groups is 1. The number of Topliss-reactive ketones (excluding diaryl/α,β-unsaturated/α-hetero) is 1. The van der Waals surface area contributed by atoms with Crippen molar-refractivity contribution in [1.82, 2.24) is 9.36 Å². The van der Waals surface area contributed by atoms with Gasteiger partial charge in [-0.1, -0.05) is 42.1 Å². The molecule has 2 aromatic rings. The quantitative estimate of drug-likeness (QED) is 0.628. The third-order valence-corrected chi connectivity index (χ3v) is 4.19. The molecule has 0 fully saturated rings. The predicted octanol–water partition coefficient (Wildman–Crippen LogP) is 3.21. The fourth-order valence-corrected chi connectivity index (χ4v) is 3.24. The first kappa shape index (κ1) is 12.3. The van der Waals surface area contributed by atoms with Gasteiger partial charge in [-0.3, -0.25) is 4.79 Å². The first-order valence-corrected chi connectivity index (χ1v) is 6.88. The van der Waals surface area contributed by atoms with Gasteiger partial charge in [0.2, 0.25) is 0 Å². The van der Waals surface area contributed by atoms with Gasteiger partial charge >= 0.3 is 0 Å². The van der Waals surface area contributed by atoms with E-state index >= 15 is 0 Å². The lowest BCUT2D eigenvalue weighted by molar-refractivity contribution is 0.0994. The number of carbonyl (C=O) groups excluding carboxylic acids is 1. The summed E-state index contributed by atoms with van der Waals surface area (Å²) in [4.78, 5) is 16.3.